The van der Waals surface area contributed by atoms with Crippen molar-refractivity contribution in [3.63, 3.8) is 0 Å². The first-order valence-corrected chi connectivity index (χ1v) is 8.34. The van der Waals surface area contributed by atoms with Crippen molar-refractivity contribution in [1.82, 2.24) is 15.1 Å². The van der Waals surface area contributed by atoms with Crippen molar-refractivity contribution in [1.29, 1.82) is 0 Å². The lowest BCUT2D eigenvalue weighted by Crippen LogP contribution is -2.41. The second-order valence-corrected chi connectivity index (χ2v) is 6.53. The van der Waals surface area contributed by atoms with E-state index in [0.29, 0.717) is 6.04 Å². The molecule has 1 N–H and O–H groups in total. The summed E-state index contributed by atoms with van der Waals surface area (Å²) in [7, 11) is 4.37. The van der Waals surface area contributed by atoms with Crippen molar-refractivity contribution in [3.8, 4) is 0 Å². The molecule has 0 radical (unpaired) electrons. The number of likely N-dealkylation sites (tertiary alicyclic amines) is 1. The van der Waals surface area contributed by atoms with E-state index in [1.807, 2.05) is 0 Å². The Balaban J connectivity index is 1.85. The molecular formula is C18H31N3. The molecule has 1 aromatic rings. The van der Waals surface area contributed by atoms with Gasteiger partial charge in [-0.25, -0.2) is 0 Å². The molecule has 118 valence electrons. The maximum atomic E-state index is 3.64. The number of hydrogen-bond donors (Lipinski definition) is 1. The largest absolute Gasteiger partial charge is 0.309 e. The van der Waals surface area contributed by atoms with Crippen molar-refractivity contribution in [2.45, 2.75) is 25.8 Å². The predicted molar refractivity (Wildman–Crippen MR) is 90.6 cm³/mol. The van der Waals surface area contributed by atoms with E-state index in [4.69, 9.17) is 0 Å². The molecule has 0 aliphatic carbocycles. The monoisotopic (exact) mass is 289 g/mol. The van der Waals surface area contributed by atoms with Crippen molar-refractivity contribution in [3.05, 3.63) is 35.9 Å². The molecule has 0 bridgehead atoms. The molecule has 0 saturated carbocycles. The fourth-order valence-electron chi connectivity index (χ4n) is 3.35. The highest BCUT2D eigenvalue weighted by molar-refractivity contribution is 5.19. The van der Waals surface area contributed by atoms with E-state index in [1.165, 1.54) is 38.0 Å². The average molecular weight is 289 g/mol. The molecule has 0 spiro atoms. The summed E-state index contributed by atoms with van der Waals surface area (Å²) in [5.74, 6) is 0.880. The molecular weight excluding hydrogens is 258 g/mol. The zero-order valence-electron chi connectivity index (χ0n) is 13.9. The van der Waals surface area contributed by atoms with Crippen molar-refractivity contribution < 1.29 is 0 Å². The Labute approximate surface area is 130 Å². The van der Waals surface area contributed by atoms with Crippen LogP contribution in [0.2, 0.25) is 0 Å². The van der Waals surface area contributed by atoms with Crippen LogP contribution in [0, 0.1) is 5.92 Å². The smallest absolute Gasteiger partial charge is 0.0449 e. The van der Waals surface area contributed by atoms with Crippen molar-refractivity contribution >= 4 is 0 Å². The first kappa shape index (κ1) is 16.5. The van der Waals surface area contributed by atoms with E-state index in [-0.39, 0.29) is 0 Å². The summed E-state index contributed by atoms with van der Waals surface area (Å²) >= 11 is 0. The van der Waals surface area contributed by atoms with Gasteiger partial charge in [0.15, 0.2) is 0 Å². The van der Waals surface area contributed by atoms with Gasteiger partial charge in [0.25, 0.3) is 0 Å². The van der Waals surface area contributed by atoms with Gasteiger partial charge < -0.3 is 15.1 Å². The number of benzene rings is 1. The van der Waals surface area contributed by atoms with Crippen LogP contribution in [-0.4, -0.2) is 56.6 Å². The molecule has 1 heterocycles. The molecule has 3 nitrogen and oxygen atoms in total. The minimum absolute atomic E-state index is 0.460. The third-order valence-corrected chi connectivity index (χ3v) is 4.42. The van der Waals surface area contributed by atoms with Crippen LogP contribution in [0.5, 0.6) is 0 Å². The van der Waals surface area contributed by atoms with E-state index < -0.39 is 0 Å². The van der Waals surface area contributed by atoms with Gasteiger partial charge in [-0.2, -0.15) is 0 Å². The minimum Gasteiger partial charge on any atom is -0.309 e. The van der Waals surface area contributed by atoms with Crippen LogP contribution in [0.25, 0.3) is 0 Å². The summed E-state index contributed by atoms with van der Waals surface area (Å²) in [5.41, 5.74) is 1.41. The molecule has 0 aromatic heterocycles. The SMILES string of the molecule is CCNC(CN1CCC(CN(C)C)CC1)c1ccccc1. The van der Waals surface area contributed by atoms with Gasteiger partial charge in [-0.1, -0.05) is 37.3 Å². The third-order valence-electron chi connectivity index (χ3n) is 4.42. The molecule has 2 rings (SSSR count). The highest BCUT2D eigenvalue weighted by Gasteiger charge is 2.22. The number of rotatable bonds is 7. The first-order chi connectivity index (χ1) is 10.2. The number of piperidine rings is 1. The molecule has 1 aliphatic heterocycles. The van der Waals surface area contributed by atoms with Crippen LogP contribution in [-0.2, 0) is 0 Å². The van der Waals surface area contributed by atoms with Crippen LogP contribution in [0.15, 0.2) is 30.3 Å². The van der Waals surface area contributed by atoms with E-state index in [0.717, 1.165) is 19.0 Å². The number of likely N-dealkylation sites (N-methyl/N-ethyl adjacent to an activating group) is 1. The van der Waals surface area contributed by atoms with Crippen LogP contribution in [0.3, 0.4) is 0 Å². The topological polar surface area (TPSA) is 18.5 Å². The Kier molecular flexibility index (Phi) is 6.68. The quantitative estimate of drug-likeness (QED) is 0.832. The Hall–Kier alpha value is -0.900. The summed E-state index contributed by atoms with van der Waals surface area (Å²) in [6.07, 6.45) is 2.68. The number of nitrogens with zero attached hydrogens (tertiary/aromatic N) is 2. The van der Waals surface area contributed by atoms with Gasteiger partial charge in [0, 0.05) is 19.1 Å². The van der Waals surface area contributed by atoms with Gasteiger partial charge in [0.05, 0.1) is 0 Å². The highest BCUT2D eigenvalue weighted by Crippen LogP contribution is 2.21. The van der Waals surface area contributed by atoms with Crippen LogP contribution in [0.4, 0.5) is 0 Å². The normalized spacial score (nSPS) is 19.0. The fraction of sp³-hybridized carbons (Fsp3) is 0.667. The van der Waals surface area contributed by atoms with Gasteiger partial charge in [-0.15, -0.1) is 0 Å². The summed E-state index contributed by atoms with van der Waals surface area (Å²) in [6.45, 7) is 8.08. The molecule has 21 heavy (non-hydrogen) atoms. The van der Waals surface area contributed by atoms with E-state index in [1.54, 1.807) is 0 Å². The second kappa shape index (κ2) is 8.52. The fourth-order valence-corrected chi connectivity index (χ4v) is 3.35. The number of hydrogen-bond acceptors (Lipinski definition) is 3. The Morgan fingerprint density at radius 2 is 1.86 bits per heavy atom. The lowest BCUT2D eigenvalue weighted by molar-refractivity contribution is 0.150. The maximum absolute atomic E-state index is 3.64. The molecule has 0 amide bonds. The van der Waals surface area contributed by atoms with Crippen LogP contribution >= 0.6 is 0 Å². The van der Waals surface area contributed by atoms with Gasteiger partial charge in [0.2, 0.25) is 0 Å². The lowest BCUT2D eigenvalue weighted by Gasteiger charge is -2.35. The van der Waals surface area contributed by atoms with Crippen molar-refractivity contribution in [2.75, 3.05) is 46.8 Å². The molecule has 1 aromatic carbocycles. The Morgan fingerprint density at radius 1 is 1.19 bits per heavy atom. The Bertz CT molecular complexity index is 383. The zero-order chi connectivity index (χ0) is 15.1. The second-order valence-electron chi connectivity index (χ2n) is 6.53. The van der Waals surface area contributed by atoms with Gasteiger partial charge in [-0.05, 0) is 58.1 Å². The zero-order valence-corrected chi connectivity index (χ0v) is 13.9. The first-order valence-electron chi connectivity index (χ1n) is 8.34. The van der Waals surface area contributed by atoms with Crippen LogP contribution in [0.1, 0.15) is 31.4 Å². The standard InChI is InChI=1S/C18H31N3/c1-4-19-18(17-8-6-5-7-9-17)15-21-12-10-16(11-13-21)14-20(2)3/h5-9,16,18-19H,4,10-15H2,1-3H3. The van der Waals surface area contributed by atoms with Gasteiger partial charge in [0.1, 0.15) is 0 Å². The molecule has 1 fully saturated rings. The molecule has 1 aliphatic rings. The van der Waals surface area contributed by atoms with E-state index in [9.17, 15) is 0 Å². The molecule has 1 atom stereocenters. The lowest BCUT2D eigenvalue weighted by atomic mass is 9.95. The predicted octanol–water partition coefficient (Wildman–Crippen LogP) is 2.61. The Morgan fingerprint density at radius 3 is 2.43 bits per heavy atom. The third kappa shape index (κ3) is 5.42. The summed E-state index contributed by atoms with van der Waals surface area (Å²) in [4.78, 5) is 4.96. The molecule has 1 unspecified atom stereocenters. The average Bonchev–Trinajstić information content (AvgIpc) is 2.49. The summed E-state index contributed by atoms with van der Waals surface area (Å²) < 4.78 is 0. The summed E-state index contributed by atoms with van der Waals surface area (Å²) in [5, 5.41) is 3.64. The van der Waals surface area contributed by atoms with Crippen LogP contribution < -0.4 is 5.32 Å². The van der Waals surface area contributed by atoms with E-state index >= 15 is 0 Å². The summed E-state index contributed by atoms with van der Waals surface area (Å²) in [6, 6.07) is 11.3. The van der Waals surface area contributed by atoms with Gasteiger partial charge >= 0.3 is 0 Å². The molecule has 1 saturated heterocycles. The maximum Gasteiger partial charge on any atom is 0.0449 e. The minimum atomic E-state index is 0.460. The van der Waals surface area contributed by atoms with E-state index in [2.05, 4.69) is 66.5 Å². The van der Waals surface area contributed by atoms with Crippen molar-refractivity contribution in [2.24, 2.45) is 5.92 Å². The molecule has 3 heteroatoms. The number of nitrogens with one attached hydrogen (secondary N) is 1. The highest BCUT2D eigenvalue weighted by atomic mass is 15.2. The van der Waals surface area contributed by atoms with Gasteiger partial charge in [-0.3, -0.25) is 0 Å².